The van der Waals surface area contributed by atoms with E-state index in [1.807, 2.05) is 0 Å². The van der Waals surface area contributed by atoms with Gasteiger partial charge in [0.15, 0.2) is 5.60 Å². The number of esters is 2. The fraction of sp³-hybridized carbons (Fsp3) is 0.900. The molecule has 4 aliphatic heterocycles. The van der Waals surface area contributed by atoms with Crippen LogP contribution in [0.2, 0.25) is 0 Å². The minimum absolute atomic E-state index is 0.0562. The van der Waals surface area contributed by atoms with Gasteiger partial charge in [-0.3, -0.25) is 4.79 Å². The van der Waals surface area contributed by atoms with E-state index in [0.29, 0.717) is 32.5 Å². The largest absolute Gasteiger partial charge is 0.463 e. The number of cyclic esters (lactones) is 1. The third-order valence-corrected chi connectivity index (χ3v) is 8.91. The third-order valence-electron chi connectivity index (χ3n) is 8.91. The Balaban J connectivity index is 1.51. The smallest absolute Gasteiger partial charge is 0.338 e. The van der Waals surface area contributed by atoms with E-state index in [-0.39, 0.29) is 29.4 Å². The predicted octanol–water partition coefficient (Wildman–Crippen LogP) is 2.13. The SMILES string of the molecule is CC12CCCC3(C)C1C(CC1(CO1)C31CCC3(CCOC3=O)O1)OC2=O. The number of carbonyl (C=O) groups excluding carboxylic acids is 2. The fourth-order valence-corrected chi connectivity index (χ4v) is 7.69. The van der Waals surface area contributed by atoms with E-state index >= 15 is 0 Å². The minimum Gasteiger partial charge on any atom is -0.463 e. The Morgan fingerprint density at radius 2 is 1.81 bits per heavy atom. The molecule has 0 amide bonds. The second kappa shape index (κ2) is 4.30. The zero-order chi connectivity index (χ0) is 18.0. The van der Waals surface area contributed by atoms with Crippen molar-refractivity contribution in [2.75, 3.05) is 13.2 Å². The molecule has 0 bridgehead atoms. The van der Waals surface area contributed by atoms with Crippen LogP contribution in [0.15, 0.2) is 0 Å². The molecule has 6 heteroatoms. The van der Waals surface area contributed by atoms with E-state index in [0.717, 1.165) is 25.7 Å². The molecule has 4 saturated heterocycles. The fourth-order valence-electron chi connectivity index (χ4n) is 7.69. The number of hydrogen-bond donors (Lipinski definition) is 0. The van der Waals surface area contributed by atoms with E-state index in [9.17, 15) is 9.59 Å². The topological polar surface area (TPSA) is 74.4 Å². The molecule has 0 N–H and O–H groups in total. The van der Waals surface area contributed by atoms with Crippen molar-refractivity contribution in [1.82, 2.24) is 0 Å². The molecule has 142 valence electrons. The molecule has 6 rings (SSSR count). The molecular weight excluding hydrogens is 336 g/mol. The summed E-state index contributed by atoms with van der Waals surface area (Å²) < 4.78 is 24.1. The highest BCUT2D eigenvalue weighted by Crippen LogP contribution is 2.74. The second-order valence-electron chi connectivity index (χ2n) is 9.91. The quantitative estimate of drug-likeness (QED) is 0.485. The van der Waals surface area contributed by atoms with Crippen LogP contribution in [0.25, 0.3) is 0 Å². The summed E-state index contributed by atoms with van der Waals surface area (Å²) in [7, 11) is 0. The summed E-state index contributed by atoms with van der Waals surface area (Å²) in [5.74, 6) is -0.147. The highest BCUT2D eigenvalue weighted by atomic mass is 16.7. The van der Waals surface area contributed by atoms with Crippen molar-refractivity contribution in [3.63, 3.8) is 0 Å². The second-order valence-corrected chi connectivity index (χ2v) is 9.91. The Bertz CT molecular complexity index is 730. The highest BCUT2D eigenvalue weighted by molar-refractivity contribution is 5.82. The van der Waals surface area contributed by atoms with Crippen molar-refractivity contribution in [1.29, 1.82) is 0 Å². The molecule has 0 aromatic heterocycles. The molecule has 6 fully saturated rings. The zero-order valence-electron chi connectivity index (χ0n) is 15.5. The Morgan fingerprint density at radius 3 is 2.50 bits per heavy atom. The Labute approximate surface area is 152 Å². The lowest BCUT2D eigenvalue weighted by Gasteiger charge is -2.61. The maximum Gasteiger partial charge on any atom is 0.338 e. The van der Waals surface area contributed by atoms with Crippen LogP contribution in [0.4, 0.5) is 0 Å². The lowest BCUT2D eigenvalue weighted by Crippen LogP contribution is -2.69. The lowest BCUT2D eigenvalue weighted by atomic mass is 9.44. The van der Waals surface area contributed by atoms with Gasteiger partial charge in [0.05, 0.1) is 18.6 Å². The molecule has 26 heavy (non-hydrogen) atoms. The minimum atomic E-state index is -0.813. The molecule has 7 atom stereocenters. The van der Waals surface area contributed by atoms with E-state index in [1.165, 1.54) is 0 Å². The van der Waals surface area contributed by atoms with Crippen molar-refractivity contribution in [2.24, 2.45) is 16.7 Å². The van der Waals surface area contributed by atoms with Gasteiger partial charge in [0.1, 0.15) is 17.3 Å². The summed E-state index contributed by atoms with van der Waals surface area (Å²) in [4.78, 5) is 25.3. The summed E-state index contributed by atoms with van der Waals surface area (Å²) in [6, 6.07) is 0. The molecule has 2 saturated carbocycles. The van der Waals surface area contributed by atoms with Crippen molar-refractivity contribution < 1.29 is 28.5 Å². The molecule has 6 nitrogen and oxygen atoms in total. The first kappa shape index (κ1) is 15.9. The first-order valence-corrected chi connectivity index (χ1v) is 10.0. The molecular formula is C20H26O6. The number of rotatable bonds is 0. The summed E-state index contributed by atoms with van der Waals surface area (Å²) in [5, 5.41) is 0. The van der Waals surface area contributed by atoms with Crippen molar-refractivity contribution >= 4 is 11.9 Å². The Morgan fingerprint density at radius 1 is 1.00 bits per heavy atom. The van der Waals surface area contributed by atoms with Crippen LogP contribution < -0.4 is 0 Å². The highest BCUT2D eigenvalue weighted by Gasteiger charge is 2.83. The van der Waals surface area contributed by atoms with Gasteiger partial charge < -0.3 is 18.9 Å². The maximum atomic E-state index is 12.8. The van der Waals surface area contributed by atoms with Crippen LogP contribution >= 0.6 is 0 Å². The van der Waals surface area contributed by atoms with Crippen LogP contribution in [0.3, 0.4) is 0 Å². The van der Waals surface area contributed by atoms with Gasteiger partial charge in [0, 0.05) is 24.2 Å². The monoisotopic (exact) mass is 362 g/mol. The summed E-state index contributed by atoms with van der Waals surface area (Å²) in [6.07, 6.45) is 5.55. The summed E-state index contributed by atoms with van der Waals surface area (Å²) >= 11 is 0. The van der Waals surface area contributed by atoms with Gasteiger partial charge in [-0.05, 0) is 32.6 Å². The van der Waals surface area contributed by atoms with Gasteiger partial charge in [-0.1, -0.05) is 13.3 Å². The summed E-state index contributed by atoms with van der Waals surface area (Å²) in [6.45, 7) is 5.41. The first-order chi connectivity index (χ1) is 12.3. The van der Waals surface area contributed by atoms with E-state index in [4.69, 9.17) is 18.9 Å². The molecule has 4 heterocycles. The lowest BCUT2D eigenvalue weighted by molar-refractivity contribution is -0.255. The number of hydrogen-bond acceptors (Lipinski definition) is 6. The van der Waals surface area contributed by atoms with Gasteiger partial charge in [0.25, 0.3) is 0 Å². The molecule has 2 aliphatic carbocycles. The molecule has 0 aromatic rings. The normalized spacial score (nSPS) is 59.8. The molecule has 0 radical (unpaired) electrons. The first-order valence-electron chi connectivity index (χ1n) is 10.0. The number of ether oxygens (including phenoxy) is 4. The molecule has 3 spiro atoms. The number of epoxide rings is 1. The average molecular weight is 362 g/mol. The van der Waals surface area contributed by atoms with Crippen molar-refractivity contribution in [2.45, 2.75) is 81.7 Å². The number of fused-ring (bicyclic) bond motifs is 2. The van der Waals surface area contributed by atoms with Gasteiger partial charge >= 0.3 is 11.9 Å². The van der Waals surface area contributed by atoms with Crippen LogP contribution in [0.5, 0.6) is 0 Å². The van der Waals surface area contributed by atoms with Gasteiger partial charge in [-0.15, -0.1) is 0 Å². The van der Waals surface area contributed by atoms with Crippen molar-refractivity contribution in [3.8, 4) is 0 Å². The van der Waals surface area contributed by atoms with Crippen molar-refractivity contribution in [3.05, 3.63) is 0 Å². The van der Waals surface area contributed by atoms with E-state index in [2.05, 4.69) is 13.8 Å². The standard InChI is InChI=1S/C20H26O6/c1-16-4-3-5-17(2)13(16)12(25-14(16)21)10-19(11-24-19)20(17)7-6-18(26-20)8-9-23-15(18)22/h12-13H,3-11H2,1-2H3. The average Bonchev–Trinajstić information content (AvgIpc) is 2.99. The molecule has 7 unspecified atom stereocenters. The van der Waals surface area contributed by atoms with E-state index in [1.54, 1.807) is 0 Å². The van der Waals surface area contributed by atoms with Crippen LogP contribution in [-0.2, 0) is 28.5 Å². The van der Waals surface area contributed by atoms with Gasteiger partial charge in [-0.25, -0.2) is 4.79 Å². The Kier molecular flexibility index (Phi) is 2.62. The summed E-state index contributed by atoms with van der Waals surface area (Å²) in [5.41, 5.74) is -2.45. The number of carbonyl (C=O) groups is 2. The van der Waals surface area contributed by atoms with Gasteiger partial charge in [0.2, 0.25) is 0 Å². The third kappa shape index (κ3) is 1.45. The molecule has 0 aromatic carbocycles. The Hall–Kier alpha value is -1.14. The molecule has 6 aliphatic rings. The maximum absolute atomic E-state index is 12.8. The van der Waals surface area contributed by atoms with Crippen LogP contribution in [0, 0.1) is 16.7 Å². The van der Waals surface area contributed by atoms with Crippen LogP contribution in [-0.4, -0.2) is 48.1 Å². The van der Waals surface area contributed by atoms with E-state index < -0.39 is 22.2 Å². The van der Waals surface area contributed by atoms with Crippen LogP contribution in [0.1, 0.15) is 58.8 Å². The predicted molar refractivity (Wildman–Crippen MR) is 88.1 cm³/mol. The van der Waals surface area contributed by atoms with Gasteiger partial charge in [-0.2, -0.15) is 0 Å². The zero-order valence-corrected chi connectivity index (χ0v) is 15.5.